The van der Waals surface area contributed by atoms with Gasteiger partial charge in [0, 0.05) is 13.1 Å². The Labute approximate surface area is 159 Å². The summed E-state index contributed by atoms with van der Waals surface area (Å²) in [6.07, 6.45) is 8.27. The summed E-state index contributed by atoms with van der Waals surface area (Å²) in [5, 5.41) is 9.05. The molecule has 2 heterocycles. The number of fused-ring (bicyclic) bond motifs is 1. The second-order valence-electron chi connectivity index (χ2n) is 7.49. The molecule has 0 bridgehead atoms. The Morgan fingerprint density at radius 3 is 2.85 bits per heavy atom. The number of para-hydroxylation sites is 1. The molecule has 26 heavy (non-hydrogen) atoms. The van der Waals surface area contributed by atoms with Crippen LogP contribution in [0.1, 0.15) is 37.7 Å². The topological polar surface area (TPSA) is 51.0 Å². The minimum absolute atomic E-state index is 0.235. The Balaban J connectivity index is 1.38. The van der Waals surface area contributed by atoms with Gasteiger partial charge in [0.25, 0.3) is 0 Å². The Kier molecular flexibility index (Phi) is 5.29. The van der Waals surface area contributed by atoms with E-state index in [-0.39, 0.29) is 5.91 Å². The predicted molar refractivity (Wildman–Crippen MR) is 103 cm³/mol. The summed E-state index contributed by atoms with van der Waals surface area (Å²) in [5.74, 6) is 2.24. The molecule has 2 aromatic rings. The van der Waals surface area contributed by atoms with E-state index in [0.717, 1.165) is 35.8 Å². The summed E-state index contributed by atoms with van der Waals surface area (Å²) in [6.45, 7) is 3.95. The molecule has 5 nitrogen and oxygen atoms in total. The number of rotatable bonds is 4. The number of nitrogens with zero attached hydrogens (tertiary/aromatic N) is 4. The lowest BCUT2D eigenvalue weighted by Crippen LogP contribution is -2.45. The summed E-state index contributed by atoms with van der Waals surface area (Å²) in [7, 11) is 0. The van der Waals surface area contributed by atoms with E-state index in [0.29, 0.717) is 5.75 Å². The molecule has 2 fully saturated rings. The zero-order chi connectivity index (χ0) is 17.9. The van der Waals surface area contributed by atoms with Crippen molar-refractivity contribution in [2.45, 2.75) is 44.2 Å². The molecule has 138 valence electrons. The Morgan fingerprint density at radius 2 is 2.00 bits per heavy atom. The normalized spacial score (nSPS) is 22.9. The molecule has 1 amide bonds. The van der Waals surface area contributed by atoms with Gasteiger partial charge in [-0.05, 0) is 43.2 Å². The first kappa shape index (κ1) is 17.6. The first-order chi connectivity index (χ1) is 12.7. The number of benzene rings is 1. The van der Waals surface area contributed by atoms with Crippen LogP contribution in [0.2, 0.25) is 0 Å². The van der Waals surface area contributed by atoms with Crippen LogP contribution >= 0.6 is 11.8 Å². The van der Waals surface area contributed by atoms with Crippen molar-refractivity contribution < 1.29 is 4.79 Å². The molecular formula is C20H26N4OS. The van der Waals surface area contributed by atoms with Crippen molar-refractivity contribution in [3.63, 3.8) is 0 Å². The summed E-state index contributed by atoms with van der Waals surface area (Å²) in [5.41, 5.74) is 2.23. The summed E-state index contributed by atoms with van der Waals surface area (Å²) >= 11 is 1.49. The molecule has 1 saturated carbocycles. The molecule has 0 spiro atoms. The van der Waals surface area contributed by atoms with Crippen molar-refractivity contribution >= 4 is 17.7 Å². The molecular weight excluding hydrogens is 344 g/mol. The van der Waals surface area contributed by atoms with Crippen molar-refractivity contribution in [1.29, 1.82) is 0 Å². The van der Waals surface area contributed by atoms with Crippen molar-refractivity contribution in [2.75, 3.05) is 18.8 Å². The Hall–Kier alpha value is -1.82. The minimum Gasteiger partial charge on any atom is -0.342 e. The average Bonchev–Trinajstić information content (AvgIpc) is 3.14. The third-order valence-electron chi connectivity index (χ3n) is 5.86. The van der Waals surface area contributed by atoms with Crippen molar-refractivity contribution in [1.82, 2.24) is 19.7 Å². The van der Waals surface area contributed by atoms with Crippen LogP contribution in [0.15, 0.2) is 35.7 Å². The van der Waals surface area contributed by atoms with Crippen LogP contribution in [0.5, 0.6) is 0 Å². The fraction of sp³-hybridized carbons (Fsp3) is 0.550. The van der Waals surface area contributed by atoms with Gasteiger partial charge >= 0.3 is 0 Å². The molecule has 0 unspecified atom stereocenters. The number of hydrogen-bond acceptors (Lipinski definition) is 4. The van der Waals surface area contributed by atoms with Gasteiger partial charge < -0.3 is 4.90 Å². The van der Waals surface area contributed by atoms with Crippen LogP contribution in [-0.2, 0) is 4.79 Å². The maximum absolute atomic E-state index is 12.7. The molecule has 1 aromatic heterocycles. The second-order valence-corrected chi connectivity index (χ2v) is 8.43. The minimum atomic E-state index is 0.235. The third kappa shape index (κ3) is 3.65. The maximum Gasteiger partial charge on any atom is 0.233 e. The van der Waals surface area contributed by atoms with E-state index in [2.05, 4.69) is 34.2 Å². The van der Waals surface area contributed by atoms with E-state index in [1.54, 1.807) is 6.33 Å². The summed E-state index contributed by atoms with van der Waals surface area (Å²) in [6, 6.07) is 8.16. The molecule has 0 radical (unpaired) electrons. The van der Waals surface area contributed by atoms with Gasteiger partial charge in [0.15, 0.2) is 5.16 Å². The number of likely N-dealkylation sites (tertiary alicyclic amines) is 1. The number of amides is 1. The van der Waals surface area contributed by atoms with Crippen molar-refractivity contribution in [3.8, 4) is 5.69 Å². The molecule has 1 saturated heterocycles. The average molecular weight is 371 g/mol. The summed E-state index contributed by atoms with van der Waals surface area (Å²) < 4.78 is 1.97. The number of thioether (sulfide) groups is 1. The smallest absolute Gasteiger partial charge is 0.233 e. The quantitative estimate of drug-likeness (QED) is 0.770. The molecule has 2 aliphatic rings. The number of piperidine rings is 1. The van der Waals surface area contributed by atoms with E-state index in [1.807, 2.05) is 16.7 Å². The van der Waals surface area contributed by atoms with Gasteiger partial charge in [0.2, 0.25) is 5.91 Å². The maximum atomic E-state index is 12.7. The van der Waals surface area contributed by atoms with Crippen LogP contribution in [0, 0.1) is 18.8 Å². The molecule has 6 heteroatoms. The van der Waals surface area contributed by atoms with Crippen LogP contribution in [0.3, 0.4) is 0 Å². The zero-order valence-electron chi connectivity index (χ0n) is 15.3. The van der Waals surface area contributed by atoms with Gasteiger partial charge in [0.05, 0.1) is 11.4 Å². The number of carbonyl (C=O) groups is 1. The van der Waals surface area contributed by atoms with Gasteiger partial charge in [-0.25, -0.2) is 0 Å². The molecule has 2 atom stereocenters. The first-order valence-electron chi connectivity index (χ1n) is 9.59. The largest absolute Gasteiger partial charge is 0.342 e. The second kappa shape index (κ2) is 7.82. The molecule has 0 N–H and O–H groups in total. The van der Waals surface area contributed by atoms with E-state index in [4.69, 9.17) is 0 Å². The van der Waals surface area contributed by atoms with Crippen molar-refractivity contribution in [2.24, 2.45) is 11.8 Å². The highest BCUT2D eigenvalue weighted by molar-refractivity contribution is 7.99. The number of aromatic nitrogens is 3. The van der Waals surface area contributed by atoms with Gasteiger partial charge in [0.1, 0.15) is 6.33 Å². The highest BCUT2D eigenvalue weighted by Crippen LogP contribution is 2.36. The molecule has 1 aromatic carbocycles. The fourth-order valence-corrected chi connectivity index (χ4v) is 5.19. The van der Waals surface area contributed by atoms with Crippen LogP contribution in [0.25, 0.3) is 5.69 Å². The van der Waals surface area contributed by atoms with Crippen LogP contribution in [0.4, 0.5) is 0 Å². The lowest BCUT2D eigenvalue weighted by molar-refractivity contribution is -0.131. The highest BCUT2D eigenvalue weighted by Gasteiger charge is 2.32. The highest BCUT2D eigenvalue weighted by atomic mass is 32.2. The van der Waals surface area contributed by atoms with E-state index in [1.165, 1.54) is 49.4 Å². The van der Waals surface area contributed by atoms with Crippen molar-refractivity contribution in [3.05, 3.63) is 36.2 Å². The lowest BCUT2D eigenvalue weighted by atomic mass is 9.75. The Morgan fingerprint density at radius 1 is 1.19 bits per heavy atom. The Bertz CT molecular complexity index is 775. The number of hydrogen-bond donors (Lipinski definition) is 0. The summed E-state index contributed by atoms with van der Waals surface area (Å²) in [4.78, 5) is 14.8. The first-order valence-corrected chi connectivity index (χ1v) is 10.6. The predicted octanol–water partition coefficient (Wildman–Crippen LogP) is 3.71. The zero-order valence-corrected chi connectivity index (χ0v) is 16.1. The van der Waals surface area contributed by atoms with E-state index in [9.17, 15) is 4.79 Å². The third-order valence-corrected chi connectivity index (χ3v) is 6.79. The van der Waals surface area contributed by atoms with Gasteiger partial charge in [-0.3, -0.25) is 9.36 Å². The molecule has 1 aliphatic heterocycles. The van der Waals surface area contributed by atoms with Crippen LogP contribution in [-0.4, -0.2) is 44.4 Å². The van der Waals surface area contributed by atoms with E-state index < -0.39 is 0 Å². The number of aryl methyl sites for hydroxylation is 1. The van der Waals surface area contributed by atoms with E-state index >= 15 is 0 Å². The molecule has 1 aliphatic carbocycles. The number of carbonyl (C=O) groups excluding carboxylic acids is 1. The standard InChI is InChI=1S/C20H26N4OS/c1-15-6-2-5-9-18(15)24-14-21-22-20(24)26-13-19(25)23-11-10-16-7-3-4-8-17(16)12-23/h2,5-6,9,14,16-17H,3-4,7-8,10-13H2,1H3/t16-,17-/m1/s1. The monoisotopic (exact) mass is 370 g/mol. The van der Waals surface area contributed by atoms with Gasteiger partial charge in [-0.1, -0.05) is 49.2 Å². The van der Waals surface area contributed by atoms with Gasteiger partial charge in [-0.15, -0.1) is 10.2 Å². The SMILES string of the molecule is Cc1ccccc1-n1cnnc1SCC(=O)N1CC[C@H]2CCCC[C@@H]2C1. The molecule has 4 rings (SSSR count). The fourth-order valence-electron chi connectivity index (χ4n) is 4.37. The van der Waals surface area contributed by atoms with Crippen LogP contribution < -0.4 is 0 Å². The lowest BCUT2D eigenvalue weighted by Gasteiger charge is -2.41. The van der Waals surface area contributed by atoms with Gasteiger partial charge in [-0.2, -0.15) is 0 Å².